The van der Waals surface area contributed by atoms with Gasteiger partial charge in [-0.1, -0.05) is 20.8 Å². The van der Waals surface area contributed by atoms with Crippen molar-refractivity contribution in [3.8, 4) is 0 Å². The number of nitrogens with one attached hydrogen (secondary N) is 2. The summed E-state index contributed by atoms with van der Waals surface area (Å²) in [6, 6.07) is 0. The highest BCUT2D eigenvalue weighted by Gasteiger charge is 2.58. The molecule has 1 aliphatic carbocycles. The molecule has 18 heavy (non-hydrogen) atoms. The van der Waals surface area contributed by atoms with Gasteiger partial charge < -0.3 is 10.6 Å². The van der Waals surface area contributed by atoms with Crippen molar-refractivity contribution in [3.05, 3.63) is 0 Å². The average molecular weight is 252 g/mol. The molecule has 1 heterocycles. The second kappa shape index (κ2) is 5.20. The largest absolute Gasteiger partial charge is 0.350 e. The molecule has 1 saturated carbocycles. The Morgan fingerprint density at radius 3 is 2.28 bits per heavy atom. The molecule has 1 saturated heterocycles. The third-order valence-electron chi connectivity index (χ3n) is 5.52. The Balaban J connectivity index is 1.93. The highest BCUT2D eigenvalue weighted by atomic mass is 16.2. The van der Waals surface area contributed by atoms with E-state index >= 15 is 0 Å². The third-order valence-corrected chi connectivity index (χ3v) is 5.52. The fraction of sp³-hybridized carbons (Fsp3) is 0.933. The molecule has 2 N–H and O–H groups in total. The van der Waals surface area contributed by atoms with Gasteiger partial charge in [-0.3, -0.25) is 4.79 Å². The summed E-state index contributed by atoms with van der Waals surface area (Å²) in [4.78, 5) is 12.4. The quantitative estimate of drug-likeness (QED) is 0.789. The molecule has 2 aliphatic rings. The molecule has 0 aromatic rings. The summed E-state index contributed by atoms with van der Waals surface area (Å²) >= 11 is 0. The van der Waals surface area contributed by atoms with Crippen LogP contribution in [0, 0.1) is 11.3 Å². The van der Waals surface area contributed by atoms with Crippen molar-refractivity contribution in [1.29, 1.82) is 0 Å². The Morgan fingerprint density at radius 1 is 1.22 bits per heavy atom. The van der Waals surface area contributed by atoms with Crippen LogP contribution in [-0.2, 0) is 4.79 Å². The normalized spacial score (nSPS) is 26.1. The summed E-state index contributed by atoms with van der Waals surface area (Å²) in [5.41, 5.74) is 0.393. The number of piperidine rings is 1. The maximum absolute atomic E-state index is 12.4. The summed E-state index contributed by atoms with van der Waals surface area (Å²) in [6.45, 7) is 8.72. The molecule has 2 rings (SSSR count). The van der Waals surface area contributed by atoms with Crippen molar-refractivity contribution < 1.29 is 4.79 Å². The van der Waals surface area contributed by atoms with E-state index in [0.29, 0.717) is 17.2 Å². The van der Waals surface area contributed by atoms with Crippen LogP contribution in [0.1, 0.15) is 59.3 Å². The molecule has 1 spiro atoms. The predicted octanol–water partition coefficient (Wildman–Crippen LogP) is 2.46. The van der Waals surface area contributed by atoms with Crippen LogP contribution in [0.3, 0.4) is 0 Å². The lowest BCUT2D eigenvalue weighted by molar-refractivity contribution is -0.125. The molecule has 1 aliphatic heterocycles. The topological polar surface area (TPSA) is 41.1 Å². The average Bonchev–Trinajstić information content (AvgIpc) is 3.10. The minimum absolute atomic E-state index is 0.0355. The summed E-state index contributed by atoms with van der Waals surface area (Å²) in [7, 11) is 0. The summed E-state index contributed by atoms with van der Waals surface area (Å²) in [5, 5.41) is 6.74. The Morgan fingerprint density at radius 2 is 1.78 bits per heavy atom. The molecule has 0 aromatic heterocycles. The van der Waals surface area contributed by atoms with Crippen LogP contribution in [0.2, 0.25) is 0 Å². The molecule has 1 unspecified atom stereocenters. The molecule has 104 valence electrons. The maximum Gasteiger partial charge on any atom is 0.224 e. The number of carbonyl (C=O) groups excluding carboxylic acids is 1. The van der Waals surface area contributed by atoms with E-state index in [0.717, 1.165) is 38.8 Å². The van der Waals surface area contributed by atoms with Crippen LogP contribution in [-0.4, -0.2) is 24.5 Å². The van der Waals surface area contributed by atoms with Crippen molar-refractivity contribution in [2.45, 2.75) is 64.8 Å². The molecule has 3 heteroatoms. The Kier molecular flexibility index (Phi) is 4.00. The summed E-state index contributed by atoms with van der Waals surface area (Å²) in [5.74, 6) is 0.617. The first-order valence-corrected chi connectivity index (χ1v) is 7.64. The van der Waals surface area contributed by atoms with Crippen molar-refractivity contribution in [2.24, 2.45) is 11.3 Å². The minimum atomic E-state index is 0.0355. The van der Waals surface area contributed by atoms with E-state index in [1.54, 1.807) is 0 Å². The lowest BCUT2D eigenvalue weighted by Crippen LogP contribution is -2.48. The van der Waals surface area contributed by atoms with E-state index in [9.17, 15) is 4.79 Å². The fourth-order valence-electron chi connectivity index (χ4n) is 3.56. The van der Waals surface area contributed by atoms with Gasteiger partial charge in [0.2, 0.25) is 5.91 Å². The van der Waals surface area contributed by atoms with E-state index in [-0.39, 0.29) is 5.54 Å². The zero-order valence-electron chi connectivity index (χ0n) is 12.1. The summed E-state index contributed by atoms with van der Waals surface area (Å²) < 4.78 is 0. The number of hydrogen-bond donors (Lipinski definition) is 2. The predicted molar refractivity (Wildman–Crippen MR) is 74.4 cm³/mol. The standard InChI is InChI=1S/C15H28N2O/c1-4-15(5-2,6-3)17-13(18)12-11-14(12)7-9-16-10-8-14/h12,16H,4-11H2,1-3H3,(H,17,18). The zero-order chi connectivity index (χ0) is 13.2. The van der Waals surface area contributed by atoms with Crippen molar-refractivity contribution in [1.82, 2.24) is 10.6 Å². The number of carbonyl (C=O) groups is 1. The van der Waals surface area contributed by atoms with Gasteiger partial charge in [-0.2, -0.15) is 0 Å². The van der Waals surface area contributed by atoms with Gasteiger partial charge in [0.1, 0.15) is 0 Å². The van der Waals surface area contributed by atoms with Gasteiger partial charge in [-0.05, 0) is 57.0 Å². The highest BCUT2D eigenvalue weighted by Crippen LogP contribution is 2.58. The fourth-order valence-corrected chi connectivity index (χ4v) is 3.56. The number of rotatable bonds is 5. The van der Waals surface area contributed by atoms with Crippen molar-refractivity contribution >= 4 is 5.91 Å². The van der Waals surface area contributed by atoms with Gasteiger partial charge in [0.15, 0.2) is 0 Å². The number of hydrogen-bond acceptors (Lipinski definition) is 2. The first-order chi connectivity index (χ1) is 8.61. The Bertz CT molecular complexity index is 295. The summed E-state index contributed by atoms with van der Waals surface area (Å²) in [6.07, 6.45) is 6.59. The van der Waals surface area contributed by atoms with Crippen molar-refractivity contribution in [3.63, 3.8) is 0 Å². The van der Waals surface area contributed by atoms with Gasteiger partial charge >= 0.3 is 0 Å². The SMILES string of the molecule is CCC(CC)(CC)NC(=O)C1CC12CCNCC2. The number of amides is 1. The Hall–Kier alpha value is -0.570. The molecule has 0 aromatic carbocycles. The van der Waals surface area contributed by atoms with E-state index in [2.05, 4.69) is 31.4 Å². The molecule has 0 radical (unpaired) electrons. The monoisotopic (exact) mass is 252 g/mol. The molecule has 1 atom stereocenters. The Labute approximate surface area is 111 Å². The molecule has 3 nitrogen and oxygen atoms in total. The smallest absolute Gasteiger partial charge is 0.224 e. The van der Waals surface area contributed by atoms with E-state index in [1.165, 1.54) is 12.8 Å². The van der Waals surface area contributed by atoms with E-state index in [4.69, 9.17) is 0 Å². The van der Waals surface area contributed by atoms with Gasteiger partial charge in [0.25, 0.3) is 0 Å². The third kappa shape index (κ3) is 2.42. The first-order valence-electron chi connectivity index (χ1n) is 7.64. The van der Waals surface area contributed by atoms with Crippen LogP contribution < -0.4 is 10.6 Å². The van der Waals surface area contributed by atoms with Crippen LogP contribution >= 0.6 is 0 Å². The van der Waals surface area contributed by atoms with Gasteiger partial charge in [-0.25, -0.2) is 0 Å². The second-order valence-corrected chi connectivity index (χ2v) is 6.20. The van der Waals surface area contributed by atoms with Gasteiger partial charge in [0.05, 0.1) is 0 Å². The van der Waals surface area contributed by atoms with Crippen molar-refractivity contribution in [2.75, 3.05) is 13.1 Å². The molecule has 1 amide bonds. The van der Waals surface area contributed by atoms with Crippen LogP contribution in [0.15, 0.2) is 0 Å². The van der Waals surface area contributed by atoms with Crippen LogP contribution in [0.4, 0.5) is 0 Å². The molecule has 0 bridgehead atoms. The van der Waals surface area contributed by atoms with E-state index in [1.807, 2.05) is 0 Å². The molecular weight excluding hydrogens is 224 g/mol. The zero-order valence-corrected chi connectivity index (χ0v) is 12.1. The molecule has 2 fully saturated rings. The lowest BCUT2D eigenvalue weighted by Gasteiger charge is -2.32. The van der Waals surface area contributed by atoms with Gasteiger partial charge in [-0.15, -0.1) is 0 Å². The minimum Gasteiger partial charge on any atom is -0.350 e. The first kappa shape index (κ1) is 13.9. The van der Waals surface area contributed by atoms with Crippen LogP contribution in [0.25, 0.3) is 0 Å². The van der Waals surface area contributed by atoms with E-state index < -0.39 is 0 Å². The maximum atomic E-state index is 12.4. The molecular formula is C15H28N2O. The lowest BCUT2D eigenvalue weighted by atomic mass is 9.88. The van der Waals surface area contributed by atoms with Gasteiger partial charge in [0, 0.05) is 11.5 Å². The van der Waals surface area contributed by atoms with Crippen LogP contribution in [0.5, 0.6) is 0 Å². The highest BCUT2D eigenvalue weighted by molar-refractivity contribution is 5.83. The second-order valence-electron chi connectivity index (χ2n) is 6.20.